The number of aryl methyl sites for hydroxylation is 1. The fourth-order valence-electron chi connectivity index (χ4n) is 2.87. The fraction of sp³-hybridized carbons (Fsp3) is 0.375. The molecule has 3 nitrogen and oxygen atoms in total. The first-order valence-electron chi connectivity index (χ1n) is 7.15. The standard InChI is InChI=1S/C16H16ClN3/c17-9-15-19-14-10-18-13-4-2-1-3-12(13)16(14)20(15)8-7-11-5-6-11/h1-4,10-11H,5-9H2. The molecule has 0 aliphatic heterocycles. The second-order valence-electron chi connectivity index (χ2n) is 5.55. The molecule has 0 unspecified atom stereocenters. The van der Waals surface area contributed by atoms with Crippen molar-refractivity contribution in [3.05, 3.63) is 36.3 Å². The third kappa shape index (κ3) is 1.97. The van der Waals surface area contributed by atoms with Crippen molar-refractivity contribution in [2.45, 2.75) is 31.7 Å². The monoisotopic (exact) mass is 285 g/mol. The number of pyridine rings is 1. The molecule has 0 atom stereocenters. The summed E-state index contributed by atoms with van der Waals surface area (Å²) in [5.74, 6) is 2.32. The minimum Gasteiger partial charge on any atom is -0.326 e. The molecule has 0 N–H and O–H groups in total. The van der Waals surface area contributed by atoms with Gasteiger partial charge < -0.3 is 4.57 Å². The van der Waals surface area contributed by atoms with Crippen LogP contribution < -0.4 is 0 Å². The Morgan fingerprint density at radius 3 is 2.85 bits per heavy atom. The molecule has 0 saturated heterocycles. The van der Waals surface area contributed by atoms with Crippen molar-refractivity contribution >= 4 is 33.5 Å². The number of fused-ring (bicyclic) bond motifs is 3. The van der Waals surface area contributed by atoms with Gasteiger partial charge in [-0.3, -0.25) is 4.98 Å². The van der Waals surface area contributed by atoms with Crippen LogP contribution in [0.1, 0.15) is 25.1 Å². The molecule has 2 aromatic heterocycles. The molecule has 0 amide bonds. The van der Waals surface area contributed by atoms with E-state index in [1.165, 1.54) is 30.2 Å². The lowest BCUT2D eigenvalue weighted by molar-refractivity contribution is 0.595. The third-order valence-electron chi connectivity index (χ3n) is 4.14. The summed E-state index contributed by atoms with van der Waals surface area (Å²) in [5, 5.41) is 1.17. The van der Waals surface area contributed by atoms with Crippen LogP contribution in [0, 0.1) is 5.92 Å². The second kappa shape index (κ2) is 4.74. The van der Waals surface area contributed by atoms with Gasteiger partial charge in [-0.1, -0.05) is 31.0 Å². The highest BCUT2D eigenvalue weighted by atomic mass is 35.5. The van der Waals surface area contributed by atoms with Crippen LogP contribution in [0.25, 0.3) is 21.9 Å². The maximum absolute atomic E-state index is 6.08. The van der Waals surface area contributed by atoms with E-state index in [4.69, 9.17) is 11.6 Å². The van der Waals surface area contributed by atoms with Gasteiger partial charge in [-0.2, -0.15) is 0 Å². The van der Waals surface area contributed by atoms with Gasteiger partial charge in [0.2, 0.25) is 0 Å². The second-order valence-corrected chi connectivity index (χ2v) is 5.82. The number of hydrogen-bond donors (Lipinski definition) is 0. The van der Waals surface area contributed by atoms with Crippen molar-refractivity contribution < 1.29 is 0 Å². The van der Waals surface area contributed by atoms with E-state index < -0.39 is 0 Å². The number of nitrogens with zero attached hydrogens (tertiary/aromatic N) is 3. The highest BCUT2D eigenvalue weighted by Crippen LogP contribution is 2.34. The van der Waals surface area contributed by atoms with Crippen molar-refractivity contribution in [2.75, 3.05) is 0 Å². The van der Waals surface area contributed by atoms with Crippen LogP contribution in [0.15, 0.2) is 30.5 Å². The van der Waals surface area contributed by atoms with Crippen molar-refractivity contribution in [2.24, 2.45) is 5.92 Å². The summed E-state index contributed by atoms with van der Waals surface area (Å²) in [6, 6.07) is 8.25. The molecule has 1 fully saturated rings. The summed E-state index contributed by atoms with van der Waals surface area (Å²) < 4.78 is 2.30. The Morgan fingerprint density at radius 1 is 1.20 bits per heavy atom. The van der Waals surface area contributed by atoms with Gasteiger partial charge in [0.1, 0.15) is 11.3 Å². The Kier molecular flexibility index (Phi) is 2.88. The lowest BCUT2D eigenvalue weighted by atomic mass is 10.2. The highest BCUT2D eigenvalue weighted by molar-refractivity contribution is 6.17. The van der Waals surface area contributed by atoms with Crippen LogP contribution in [0.5, 0.6) is 0 Å². The Morgan fingerprint density at radius 2 is 2.05 bits per heavy atom. The zero-order chi connectivity index (χ0) is 13.5. The maximum atomic E-state index is 6.08. The minimum absolute atomic E-state index is 0.452. The van der Waals surface area contributed by atoms with Crippen LogP contribution in [0.2, 0.25) is 0 Å². The summed E-state index contributed by atoms with van der Waals surface area (Å²) in [6.45, 7) is 1.01. The zero-order valence-electron chi connectivity index (χ0n) is 11.2. The summed E-state index contributed by atoms with van der Waals surface area (Å²) >= 11 is 6.08. The number of halogens is 1. The molecule has 1 aliphatic carbocycles. The van der Waals surface area contributed by atoms with Crippen molar-refractivity contribution in [3.8, 4) is 0 Å². The quantitative estimate of drug-likeness (QED) is 0.675. The third-order valence-corrected chi connectivity index (χ3v) is 4.38. The Bertz CT molecular complexity index is 774. The number of imidazole rings is 1. The first-order valence-corrected chi connectivity index (χ1v) is 7.69. The van der Waals surface area contributed by atoms with Crippen LogP contribution in [0.3, 0.4) is 0 Å². The SMILES string of the molecule is ClCc1nc2cnc3ccccc3c2n1CCC1CC1. The molecule has 0 spiro atoms. The summed E-state index contributed by atoms with van der Waals surface area (Å²) in [7, 11) is 0. The Hall–Kier alpha value is -1.61. The van der Waals surface area contributed by atoms with Crippen LogP contribution in [-0.2, 0) is 12.4 Å². The van der Waals surface area contributed by atoms with Gasteiger partial charge in [-0.15, -0.1) is 11.6 Å². The van der Waals surface area contributed by atoms with Gasteiger partial charge in [-0.25, -0.2) is 4.98 Å². The van der Waals surface area contributed by atoms with E-state index in [9.17, 15) is 0 Å². The normalized spacial score (nSPS) is 15.2. The number of para-hydroxylation sites is 1. The molecular formula is C16H16ClN3. The topological polar surface area (TPSA) is 30.7 Å². The van der Waals surface area contributed by atoms with E-state index >= 15 is 0 Å². The Balaban J connectivity index is 1.93. The largest absolute Gasteiger partial charge is 0.326 e. The molecule has 4 heteroatoms. The van der Waals surface area contributed by atoms with Crippen molar-refractivity contribution in [1.29, 1.82) is 0 Å². The molecular weight excluding hydrogens is 270 g/mol. The molecule has 1 aromatic carbocycles. The fourth-order valence-corrected chi connectivity index (χ4v) is 3.08. The predicted octanol–water partition coefficient (Wildman–Crippen LogP) is 4.12. The molecule has 0 bridgehead atoms. The van der Waals surface area contributed by atoms with Gasteiger partial charge in [0.15, 0.2) is 0 Å². The number of alkyl halides is 1. The lowest BCUT2D eigenvalue weighted by Gasteiger charge is -2.08. The molecule has 1 saturated carbocycles. The predicted molar refractivity (Wildman–Crippen MR) is 81.9 cm³/mol. The lowest BCUT2D eigenvalue weighted by Crippen LogP contribution is -2.03. The summed E-state index contributed by atoms with van der Waals surface area (Å²) in [5.41, 5.74) is 3.16. The average Bonchev–Trinajstić information content (AvgIpc) is 3.24. The van der Waals surface area contributed by atoms with Gasteiger partial charge in [0.05, 0.1) is 23.1 Å². The van der Waals surface area contributed by atoms with Crippen LogP contribution in [0.4, 0.5) is 0 Å². The van der Waals surface area contributed by atoms with E-state index in [0.29, 0.717) is 5.88 Å². The first-order chi connectivity index (χ1) is 9.86. The van der Waals surface area contributed by atoms with Gasteiger partial charge >= 0.3 is 0 Å². The van der Waals surface area contributed by atoms with Crippen molar-refractivity contribution in [3.63, 3.8) is 0 Å². The van der Waals surface area contributed by atoms with Crippen LogP contribution in [-0.4, -0.2) is 14.5 Å². The maximum Gasteiger partial charge on any atom is 0.124 e. The molecule has 20 heavy (non-hydrogen) atoms. The number of hydrogen-bond acceptors (Lipinski definition) is 2. The molecule has 1 aliphatic rings. The van der Waals surface area contributed by atoms with Gasteiger partial charge in [-0.05, 0) is 18.4 Å². The zero-order valence-corrected chi connectivity index (χ0v) is 12.0. The van der Waals surface area contributed by atoms with E-state index in [2.05, 4.69) is 26.7 Å². The molecule has 4 rings (SSSR count). The van der Waals surface area contributed by atoms with Gasteiger partial charge in [0, 0.05) is 11.9 Å². The minimum atomic E-state index is 0.452. The van der Waals surface area contributed by atoms with E-state index in [-0.39, 0.29) is 0 Å². The van der Waals surface area contributed by atoms with E-state index in [1.807, 2.05) is 18.3 Å². The number of aromatic nitrogens is 3. The average molecular weight is 286 g/mol. The molecule has 102 valence electrons. The summed E-state index contributed by atoms with van der Waals surface area (Å²) in [6.07, 6.45) is 5.85. The number of benzene rings is 1. The first kappa shape index (κ1) is 12.2. The summed E-state index contributed by atoms with van der Waals surface area (Å²) in [4.78, 5) is 9.13. The highest BCUT2D eigenvalue weighted by Gasteiger charge is 2.22. The van der Waals surface area contributed by atoms with E-state index in [0.717, 1.165) is 29.3 Å². The number of rotatable bonds is 4. The van der Waals surface area contributed by atoms with Gasteiger partial charge in [0.25, 0.3) is 0 Å². The molecule has 0 radical (unpaired) electrons. The van der Waals surface area contributed by atoms with Crippen molar-refractivity contribution in [1.82, 2.24) is 14.5 Å². The molecule has 3 aromatic rings. The van der Waals surface area contributed by atoms with Crippen LogP contribution >= 0.6 is 11.6 Å². The Labute approximate surface area is 122 Å². The smallest absolute Gasteiger partial charge is 0.124 e. The van der Waals surface area contributed by atoms with E-state index in [1.54, 1.807) is 0 Å². The molecule has 2 heterocycles.